The molecule has 0 saturated heterocycles. The molecule has 2 rings (SSSR count). The fourth-order valence-electron chi connectivity index (χ4n) is 2.30. The van der Waals surface area contributed by atoms with E-state index in [1.807, 2.05) is 6.07 Å². The summed E-state index contributed by atoms with van der Waals surface area (Å²) in [5.41, 5.74) is 3.77. The second-order valence-corrected chi connectivity index (χ2v) is 4.70. The van der Waals surface area contributed by atoms with Crippen LogP contribution in [-0.4, -0.2) is 5.11 Å². The molecule has 0 radical (unpaired) electrons. The summed E-state index contributed by atoms with van der Waals surface area (Å²) in [7, 11) is 0. The molecule has 0 aliphatic carbocycles. The fourth-order valence-corrected chi connectivity index (χ4v) is 2.30. The third-order valence-corrected chi connectivity index (χ3v) is 3.46. The third-order valence-electron chi connectivity index (χ3n) is 3.46. The normalized spacial score (nSPS) is 12.4. The number of aliphatic hydroxyl groups is 1. The van der Waals surface area contributed by atoms with E-state index in [2.05, 4.69) is 26.0 Å². The summed E-state index contributed by atoms with van der Waals surface area (Å²) in [6.45, 7) is 4.14. The van der Waals surface area contributed by atoms with Gasteiger partial charge in [-0.3, -0.25) is 0 Å². The summed E-state index contributed by atoms with van der Waals surface area (Å²) < 4.78 is 13.3. The van der Waals surface area contributed by atoms with E-state index in [1.165, 1.54) is 17.7 Å². The lowest BCUT2D eigenvalue weighted by Crippen LogP contribution is -2.05. The van der Waals surface area contributed by atoms with Crippen molar-refractivity contribution in [1.82, 2.24) is 0 Å². The van der Waals surface area contributed by atoms with Crippen LogP contribution in [0, 0.1) is 5.82 Å². The largest absolute Gasteiger partial charge is 0.384 e. The minimum absolute atomic E-state index is 0.318. The number of hydrogen-bond donors (Lipinski definition) is 1. The average Bonchev–Trinajstić information content (AvgIpc) is 2.45. The van der Waals surface area contributed by atoms with Crippen LogP contribution >= 0.6 is 0 Å². The van der Waals surface area contributed by atoms with E-state index >= 15 is 0 Å². The fraction of sp³-hybridized carbons (Fsp3) is 0.294. The highest BCUT2D eigenvalue weighted by Gasteiger charge is 2.15. The lowest BCUT2D eigenvalue weighted by molar-refractivity contribution is 0.218. The molecule has 1 atom stereocenters. The van der Waals surface area contributed by atoms with Crippen molar-refractivity contribution in [2.75, 3.05) is 0 Å². The highest BCUT2D eigenvalue weighted by Crippen LogP contribution is 2.27. The molecule has 0 aliphatic rings. The number of aryl methyl sites for hydroxylation is 2. The second kappa shape index (κ2) is 5.98. The van der Waals surface area contributed by atoms with Gasteiger partial charge in [-0.1, -0.05) is 44.2 Å². The van der Waals surface area contributed by atoms with Crippen LogP contribution in [0.25, 0.3) is 0 Å². The number of aliphatic hydroxyl groups excluding tert-OH is 1. The Balaban J connectivity index is 2.44. The Kier molecular flexibility index (Phi) is 4.33. The predicted molar refractivity (Wildman–Crippen MR) is 75.7 cm³/mol. The monoisotopic (exact) mass is 258 g/mol. The first-order valence-electron chi connectivity index (χ1n) is 6.71. The Labute approximate surface area is 113 Å². The summed E-state index contributed by atoms with van der Waals surface area (Å²) in [5.74, 6) is -0.318. The van der Waals surface area contributed by atoms with E-state index in [1.54, 1.807) is 12.1 Å². The van der Waals surface area contributed by atoms with Gasteiger partial charge in [-0.2, -0.15) is 0 Å². The second-order valence-electron chi connectivity index (χ2n) is 4.70. The molecule has 100 valence electrons. The zero-order valence-electron chi connectivity index (χ0n) is 11.4. The number of benzene rings is 2. The summed E-state index contributed by atoms with van der Waals surface area (Å²) in [4.78, 5) is 0. The van der Waals surface area contributed by atoms with Crippen molar-refractivity contribution >= 4 is 0 Å². The summed E-state index contributed by atoms with van der Waals surface area (Å²) in [5, 5.41) is 10.5. The molecule has 0 amide bonds. The van der Waals surface area contributed by atoms with Crippen molar-refractivity contribution in [2.45, 2.75) is 32.8 Å². The first-order valence-corrected chi connectivity index (χ1v) is 6.71. The molecule has 19 heavy (non-hydrogen) atoms. The Hall–Kier alpha value is -1.67. The molecule has 0 spiro atoms. The summed E-state index contributed by atoms with van der Waals surface area (Å²) in [6.07, 6.45) is 1.01. The lowest BCUT2D eigenvalue weighted by atomic mass is 9.93. The number of hydrogen-bond acceptors (Lipinski definition) is 1. The van der Waals surface area contributed by atoms with Crippen molar-refractivity contribution in [3.8, 4) is 0 Å². The van der Waals surface area contributed by atoms with Crippen molar-refractivity contribution in [3.63, 3.8) is 0 Å². The van der Waals surface area contributed by atoms with Gasteiger partial charge in [0.15, 0.2) is 0 Å². The van der Waals surface area contributed by atoms with E-state index in [9.17, 15) is 9.50 Å². The Morgan fingerprint density at radius 2 is 1.84 bits per heavy atom. The third kappa shape index (κ3) is 3.02. The van der Waals surface area contributed by atoms with Crippen LogP contribution in [0.1, 0.15) is 42.2 Å². The van der Waals surface area contributed by atoms with Gasteiger partial charge in [-0.25, -0.2) is 4.39 Å². The van der Waals surface area contributed by atoms with Crippen molar-refractivity contribution in [2.24, 2.45) is 0 Å². The van der Waals surface area contributed by atoms with Crippen LogP contribution in [0.2, 0.25) is 0 Å². The van der Waals surface area contributed by atoms with Gasteiger partial charge >= 0.3 is 0 Å². The maximum atomic E-state index is 13.3. The van der Waals surface area contributed by atoms with Gasteiger partial charge in [0, 0.05) is 0 Å². The molecule has 0 fully saturated rings. The lowest BCUT2D eigenvalue weighted by Gasteiger charge is -2.16. The first kappa shape index (κ1) is 13.8. The topological polar surface area (TPSA) is 20.2 Å². The van der Waals surface area contributed by atoms with Crippen molar-refractivity contribution < 1.29 is 9.50 Å². The maximum absolute atomic E-state index is 13.3. The molecule has 0 saturated carbocycles. The molecule has 2 aromatic carbocycles. The van der Waals surface area contributed by atoms with Gasteiger partial charge in [-0.15, -0.1) is 0 Å². The zero-order chi connectivity index (χ0) is 13.8. The molecule has 0 aromatic heterocycles. The maximum Gasteiger partial charge on any atom is 0.123 e. The van der Waals surface area contributed by atoms with Crippen LogP contribution in [0.3, 0.4) is 0 Å². The van der Waals surface area contributed by atoms with Crippen LogP contribution in [0.5, 0.6) is 0 Å². The first-order chi connectivity index (χ1) is 9.15. The standard InChI is InChI=1S/C17H19FO/c1-3-12-8-9-13(4-2)16(10-12)17(19)14-6-5-7-15(18)11-14/h5-11,17,19H,3-4H2,1-2H3. The van der Waals surface area contributed by atoms with Crippen molar-refractivity contribution in [1.29, 1.82) is 0 Å². The highest BCUT2D eigenvalue weighted by molar-refractivity contribution is 5.39. The Morgan fingerprint density at radius 3 is 2.47 bits per heavy atom. The van der Waals surface area contributed by atoms with E-state index in [0.717, 1.165) is 24.0 Å². The van der Waals surface area contributed by atoms with Crippen LogP contribution in [-0.2, 0) is 12.8 Å². The number of halogens is 1. The molecule has 0 aliphatic heterocycles. The smallest absolute Gasteiger partial charge is 0.123 e. The van der Waals surface area contributed by atoms with Gasteiger partial charge in [0.25, 0.3) is 0 Å². The minimum Gasteiger partial charge on any atom is -0.384 e. The van der Waals surface area contributed by atoms with Gasteiger partial charge in [0.1, 0.15) is 11.9 Å². The van der Waals surface area contributed by atoms with Gasteiger partial charge in [0.05, 0.1) is 0 Å². The van der Waals surface area contributed by atoms with E-state index < -0.39 is 6.10 Å². The molecular weight excluding hydrogens is 239 g/mol. The van der Waals surface area contributed by atoms with Gasteiger partial charge in [0.2, 0.25) is 0 Å². The zero-order valence-corrected chi connectivity index (χ0v) is 11.4. The molecule has 1 unspecified atom stereocenters. The van der Waals surface area contributed by atoms with Crippen LogP contribution < -0.4 is 0 Å². The predicted octanol–water partition coefficient (Wildman–Crippen LogP) is 4.03. The molecular formula is C17H19FO. The quantitative estimate of drug-likeness (QED) is 0.877. The van der Waals surface area contributed by atoms with Gasteiger partial charge in [-0.05, 0) is 47.2 Å². The highest BCUT2D eigenvalue weighted by atomic mass is 19.1. The summed E-state index contributed by atoms with van der Waals surface area (Å²) in [6, 6.07) is 12.3. The minimum atomic E-state index is -0.767. The molecule has 0 bridgehead atoms. The van der Waals surface area contributed by atoms with Crippen LogP contribution in [0.4, 0.5) is 4.39 Å². The Bertz CT molecular complexity index is 563. The van der Waals surface area contributed by atoms with E-state index in [0.29, 0.717) is 5.56 Å². The van der Waals surface area contributed by atoms with E-state index in [-0.39, 0.29) is 5.82 Å². The SMILES string of the molecule is CCc1ccc(CC)c(C(O)c2cccc(F)c2)c1. The van der Waals surface area contributed by atoms with Crippen molar-refractivity contribution in [3.05, 3.63) is 70.5 Å². The molecule has 2 heteroatoms. The molecule has 1 N–H and O–H groups in total. The van der Waals surface area contributed by atoms with E-state index in [4.69, 9.17) is 0 Å². The Morgan fingerprint density at radius 1 is 1.05 bits per heavy atom. The van der Waals surface area contributed by atoms with Gasteiger partial charge < -0.3 is 5.11 Å². The molecule has 2 aromatic rings. The number of rotatable bonds is 4. The molecule has 1 nitrogen and oxygen atoms in total. The average molecular weight is 258 g/mol. The van der Waals surface area contributed by atoms with Crippen LogP contribution in [0.15, 0.2) is 42.5 Å². The molecule has 0 heterocycles. The summed E-state index contributed by atoms with van der Waals surface area (Å²) >= 11 is 0.